The van der Waals surface area contributed by atoms with E-state index in [4.69, 9.17) is 0 Å². The summed E-state index contributed by atoms with van der Waals surface area (Å²) < 4.78 is 0. The first-order chi connectivity index (χ1) is 4.81. The molecule has 0 bridgehead atoms. The molecular weight excluding hydrogens is 124 g/mol. The highest BCUT2D eigenvalue weighted by atomic mass is 16.3. The molecule has 0 aliphatic carbocycles. The SMILES string of the molecule is CCCCC([O])CCCC. The van der Waals surface area contributed by atoms with E-state index in [1.807, 2.05) is 0 Å². The van der Waals surface area contributed by atoms with Gasteiger partial charge in [0.05, 0.1) is 6.10 Å². The monoisotopic (exact) mass is 143 g/mol. The first-order valence-electron chi connectivity index (χ1n) is 4.47. The highest BCUT2D eigenvalue weighted by Gasteiger charge is 2.02. The molecule has 10 heavy (non-hydrogen) atoms. The van der Waals surface area contributed by atoms with Crippen molar-refractivity contribution in [3.05, 3.63) is 0 Å². The predicted molar refractivity (Wildman–Crippen MR) is 43.5 cm³/mol. The van der Waals surface area contributed by atoms with Crippen LogP contribution >= 0.6 is 0 Å². The molecule has 0 fully saturated rings. The summed E-state index contributed by atoms with van der Waals surface area (Å²) in [6.07, 6.45) is 6.03. The number of hydrogen-bond acceptors (Lipinski definition) is 0. The Labute approximate surface area is 64.5 Å². The second-order valence-electron chi connectivity index (χ2n) is 2.91. The van der Waals surface area contributed by atoms with E-state index in [-0.39, 0.29) is 6.10 Å². The summed E-state index contributed by atoms with van der Waals surface area (Å²) in [4.78, 5) is 0. The minimum absolute atomic E-state index is 0.278. The molecule has 1 radical (unpaired) electrons. The van der Waals surface area contributed by atoms with Crippen molar-refractivity contribution in [2.45, 2.75) is 58.5 Å². The van der Waals surface area contributed by atoms with E-state index in [0.29, 0.717) is 0 Å². The molecule has 0 N–H and O–H groups in total. The Morgan fingerprint density at radius 2 is 1.40 bits per heavy atom. The molecule has 0 saturated carbocycles. The molecule has 1 heteroatoms. The maximum absolute atomic E-state index is 11.0. The van der Waals surface area contributed by atoms with Crippen LogP contribution in [0.5, 0.6) is 0 Å². The van der Waals surface area contributed by atoms with E-state index in [2.05, 4.69) is 13.8 Å². The van der Waals surface area contributed by atoms with E-state index in [1.54, 1.807) is 0 Å². The van der Waals surface area contributed by atoms with Gasteiger partial charge in [0, 0.05) is 0 Å². The van der Waals surface area contributed by atoms with Crippen molar-refractivity contribution >= 4 is 0 Å². The van der Waals surface area contributed by atoms with Gasteiger partial charge in [0.15, 0.2) is 0 Å². The lowest BCUT2D eigenvalue weighted by molar-refractivity contribution is 0.0698. The summed E-state index contributed by atoms with van der Waals surface area (Å²) in [7, 11) is 0. The lowest BCUT2D eigenvalue weighted by Crippen LogP contribution is -2.03. The average molecular weight is 143 g/mol. The molecule has 61 valence electrons. The molecule has 1 nitrogen and oxygen atoms in total. The molecule has 0 aromatic rings. The van der Waals surface area contributed by atoms with Crippen molar-refractivity contribution in [2.75, 3.05) is 0 Å². The summed E-state index contributed by atoms with van der Waals surface area (Å²) in [5.74, 6) is 0. The number of hydrogen-bond donors (Lipinski definition) is 0. The van der Waals surface area contributed by atoms with E-state index in [0.717, 1.165) is 38.5 Å². The lowest BCUT2D eigenvalue weighted by atomic mass is 10.1. The van der Waals surface area contributed by atoms with Crippen LogP contribution in [0.2, 0.25) is 0 Å². The summed E-state index contributed by atoms with van der Waals surface area (Å²) >= 11 is 0. The third kappa shape index (κ3) is 6.09. The van der Waals surface area contributed by atoms with Gasteiger partial charge < -0.3 is 0 Å². The second kappa shape index (κ2) is 7.07. The summed E-state index contributed by atoms with van der Waals surface area (Å²) in [6.45, 7) is 4.26. The summed E-state index contributed by atoms with van der Waals surface area (Å²) in [6, 6.07) is 0. The van der Waals surface area contributed by atoms with Gasteiger partial charge in [-0.15, -0.1) is 0 Å². The van der Waals surface area contributed by atoms with Crippen molar-refractivity contribution in [3.63, 3.8) is 0 Å². The Morgan fingerprint density at radius 3 is 1.70 bits per heavy atom. The third-order valence-electron chi connectivity index (χ3n) is 1.76. The average Bonchev–Trinajstić information content (AvgIpc) is 1.97. The standard InChI is InChI=1S/C9H19O/c1-3-5-7-9(10)8-6-4-2/h9H,3-8H2,1-2H3. The topological polar surface area (TPSA) is 19.9 Å². The van der Waals surface area contributed by atoms with Crippen molar-refractivity contribution in [2.24, 2.45) is 0 Å². The van der Waals surface area contributed by atoms with Gasteiger partial charge in [0.1, 0.15) is 0 Å². The first kappa shape index (κ1) is 9.96. The van der Waals surface area contributed by atoms with Crippen LogP contribution in [0, 0.1) is 0 Å². The molecule has 0 atom stereocenters. The van der Waals surface area contributed by atoms with Crippen LogP contribution in [0.1, 0.15) is 52.4 Å². The van der Waals surface area contributed by atoms with E-state index < -0.39 is 0 Å². The van der Waals surface area contributed by atoms with Crippen molar-refractivity contribution in [3.8, 4) is 0 Å². The molecule has 0 amide bonds. The van der Waals surface area contributed by atoms with Crippen molar-refractivity contribution < 1.29 is 5.11 Å². The van der Waals surface area contributed by atoms with E-state index >= 15 is 0 Å². The highest BCUT2D eigenvalue weighted by molar-refractivity contribution is 4.53. The van der Waals surface area contributed by atoms with Gasteiger partial charge in [-0.05, 0) is 12.8 Å². The summed E-state index contributed by atoms with van der Waals surface area (Å²) in [5.41, 5.74) is 0. The molecular formula is C9H19O. The maximum atomic E-state index is 11.0. The minimum atomic E-state index is -0.278. The van der Waals surface area contributed by atoms with Gasteiger partial charge in [-0.1, -0.05) is 39.5 Å². The molecule has 0 unspecified atom stereocenters. The molecule has 0 saturated heterocycles. The molecule has 0 aromatic heterocycles. The Bertz CT molecular complexity index is 53.7. The molecule has 0 aliphatic heterocycles. The molecule has 0 aromatic carbocycles. The number of unbranched alkanes of at least 4 members (excludes halogenated alkanes) is 2. The van der Waals surface area contributed by atoms with Gasteiger partial charge in [-0.25, -0.2) is 5.11 Å². The Balaban J connectivity index is 3.00. The van der Waals surface area contributed by atoms with Crippen molar-refractivity contribution in [1.82, 2.24) is 0 Å². The fourth-order valence-electron chi connectivity index (χ4n) is 1.01. The smallest absolute Gasteiger partial charge is 0.0930 e. The zero-order valence-electron chi connectivity index (χ0n) is 7.23. The van der Waals surface area contributed by atoms with Gasteiger partial charge in [0.2, 0.25) is 0 Å². The zero-order valence-corrected chi connectivity index (χ0v) is 7.23. The minimum Gasteiger partial charge on any atom is -0.233 e. The van der Waals surface area contributed by atoms with Crippen LogP contribution in [0.4, 0.5) is 0 Å². The fourth-order valence-corrected chi connectivity index (χ4v) is 1.01. The highest BCUT2D eigenvalue weighted by Crippen LogP contribution is 2.07. The van der Waals surface area contributed by atoms with Gasteiger partial charge in [-0.2, -0.15) is 0 Å². The maximum Gasteiger partial charge on any atom is 0.0930 e. The van der Waals surface area contributed by atoms with E-state index in [1.165, 1.54) is 0 Å². The first-order valence-corrected chi connectivity index (χ1v) is 4.47. The lowest BCUT2D eigenvalue weighted by Gasteiger charge is -2.04. The summed E-state index contributed by atoms with van der Waals surface area (Å²) in [5, 5.41) is 11.0. The Morgan fingerprint density at radius 1 is 1.00 bits per heavy atom. The van der Waals surface area contributed by atoms with Crippen LogP contribution in [-0.2, 0) is 5.11 Å². The van der Waals surface area contributed by atoms with Gasteiger partial charge in [-0.3, -0.25) is 0 Å². The molecule has 0 aliphatic rings. The third-order valence-corrected chi connectivity index (χ3v) is 1.76. The van der Waals surface area contributed by atoms with Crippen molar-refractivity contribution in [1.29, 1.82) is 0 Å². The zero-order chi connectivity index (χ0) is 7.82. The van der Waals surface area contributed by atoms with Gasteiger partial charge >= 0.3 is 0 Å². The van der Waals surface area contributed by atoms with Crippen LogP contribution in [0.3, 0.4) is 0 Å². The van der Waals surface area contributed by atoms with Crippen LogP contribution < -0.4 is 0 Å². The second-order valence-corrected chi connectivity index (χ2v) is 2.91. The molecule has 0 heterocycles. The largest absolute Gasteiger partial charge is 0.233 e. The van der Waals surface area contributed by atoms with E-state index in [9.17, 15) is 5.11 Å². The molecule has 0 rings (SSSR count). The Kier molecular flexibility index (Phi) is 7.04. The quantitative estimate of drug-likeness (QED) is 0.544. The van der Waals surface area contributed by atoms with Crippen LogP contribution in [0.15, 0.2) is 0 Å². The predicted octanol–water partition coefficient (Wildman–Crippen LogP) is 3.17. The fraction of sp³-hybridized carbons (Fsp3) is 1.00. The van der Waals surface area contributed by atoms with Crippen LogP contribution in [-0.4, -0.2) is 6.10 Å². The van der Waals surface area contributed by atoms with Gasteiger partial charge in [0.25, 0.3) is 0 Å². The number of rotatable bonds is 6. The molecule has 0 spiro atoms. The Hall–Kier alpha value is -0.0400. The normalized spacial score (nSPS) is 10.8. The van der Waals surface area contributed by atoms with Crippen LogP contribution in [0.25, 0.3) is 0 Å².